The van der Waals surface area contributed by atoms with Gasteiger partial charge in [-0.05, 0) is 60.4 Å². The Morgan fingerprint density at radius 2 is 1.63 bits per heavy atom. The predicted octanol–water partition coefficient (Wildman–Crippen LogP) is 8.17. The number of rotatable bonds is 3. The molecular weight excluding hydrogens is 540 g/mol. The highest BCUT2D eigenvalue weighted by molar-refractivity contribution is 9.10. The van der Waals surface area contributed by atoms with Crippen molar-refractivity contribution in [3.63, 3.8) is 0 Å². The highest BCUT2D eigenvalue weighted by Gasteiger charge is 2.44. The highest BCUT2D eigenvalue weighted by Crippen LogP contribution is 2.49. The van der Waals surface area contributed by atoms with Crippen LogP contribution in [0.4, 0.5) is 11.4 Å². The zero-order valence-corrected chi connectivity index (χ0v) is 22.8. The van der Waals surface area contributed by atoms with Gasteiger partial charge in [-0.3, -0.25) is 14.5 Å². The molecule has 0 unspecified atom stereocenters. The van der Waals surface area contributed by atoms with E-state index in [-0.39, 0.29) is 17.1 Å². The van der Waals surface area contributed by atoms with Gasteiger partial charge in [0.1, 0.15) is 17.6 Å². The number of allylic oxidation sites excluding steroid dienone is 1. The van der Waals surface area contributed by atoms with Gasteiger partial charge in [-0.2, -0.15) is 0 Å². The smallest absolute Gasteiger partial charge is 0.259 e. The van der Waals surface area contributed by atoms with Gasteiger partial charge in [0.2, 0.25) is 0 Å². The quantitative estimate of drug-likeness (QED) is 0.271. The lowest BCUT2D eigenvalue weighted by atomic mass is 9.74. The fourth-order valence-electron chi connectivity index (χ4n) is 5.47. The van der Waals surface area contributed by atoms with E-state index in [0.717, 1.165) is 21.4 Å². The molecule has 0 spiro atoms. The lowest BCUT2D eigenvalue weighted by molar-refractivity contribution is -0.118. The van der Waals surface area contributed by atoms with Crippen molar-refractivity contribution in [2.45, 2.75) is 32.7 Å². The van der Waals surface area contributed by atoms with Crippen molar-refractivity contribution >= 4 is 39.0 Å². The van der Waals surface area contributed by atoms with E-state index in [1.165, 1.54) is 0 Å². The first-order chi connectivity index (χ1) is 18.3. The van der Waals surface area contributed by atoms with Crippen LogP contribution in [0.3, 0.4) is 0 Å². The van der Waals surface area contributed by atoms with E-state index in [9.17, 15) is 9.59 Å². The van der Waals surface area contributed by atoms with Gasteiger partial charge < -0.3 is 9.73 Å². The van der Waals surface area contributed by atoms with Crippen molar-refractivity contribution in [2.75, 3.05) is 10.2 Å². The molecule has 0 radical (unpaired) electrons. The first-order valence-electron chi connectivity index (χ1n) is 12.7. The molecule has 5 nitrogen and oxygen atoms in total. The van der Waals surface area contributed by atoms with Gasteiger partial charge in [0.05, 0.1) is 11.4 Å². The molecule has 38 heavy (non-hydrogen) atoms. The Kier molecular flexibility index (Phi) is 6.07. The number of hydrogen-bond acceptors (Lipinski definition) is 4. The van der Waals surface area contributed by atoms with Crippen LogP contribution < -0.4 is 10.2 Å². The number of furan rings is 1. The Hall–Kier alpha value is -3.90. The molecule has 1 atom stereocenters. The molecule has 1 aliphatic heterocycles. The van der Waals surface area contributed by atoms with E-state index in [2.05, 4.69) is 35.1 Å². The van der Waals surface area contributed by atoms with Gasteiger partial charge >= 0.3 is 0 Å². The van der Waals surface area contributed by atoms with Crippen molar-refractivity contribution in [1.82, 2.24) is 0 Å². The summed E-state index contributed by atoms with van der Waals surface area (Å²) < 4.78 is 7.44. The summed E-state index contributed by atoms with van der Waals surface area (Å²) in [7, 11) is 0. The summed E-state index contributed by atoms with van der Waals surface area (Å²) in [6.07, 6.45) is 1.08. The molecule has 0 bridgehead atoms. The number of fused-ring (bicyclic) bond motifs is 1. The van der Waals surface area contributed by atoms with Gasteiger partial charge in [0.15, 0.2) is 5.78 Å². The summed E-state index contributed by atoms with van der Waals surface area (Å²) in [6, 6.07) is 27.9. The fraction of sp³-hybridized carbons (Fsp3) is 0.188. The molecule has 1 aromatic heterocycles. The molecule has 1 aliphatic carbocycles. The minimum Gasteiger partial charge on any atom is -0.459 e. The van der Waals surface area contributed by atoms with E-state index < -0.39 is 6.04 Å². The molecule has 6 heteroatoms. The van der Waals surface area contributed by atoms with Crippen molar-refractivity contribution in [2.24, 2.45) is 5.41 Å². The van der Waals surface area contributed by atoms with E-state index in [1.54, 1.807) is 17.0 Å². The van der Waals surface area contributed by atoms with E-state index in [0.29, 0.717) is 41.2 Å². The Morgan fingerprint density at radius 3 is 2.39 bits per heavy atom. The number of hydrogen-bond donors (Lipinski definition) is 1. The normalized spacial score (nSPS) is 18.3. The number of nitrogens with one attached hydrogen (secondary N) is 1. The number of nitrogens with zero attached hydrogens (tertiary/aromatic N) is 1. The molecule has 6 rings (SSSR count). The number of carbonyl (C=O) groups excluding carboxylic acids is 2. The minimum absolute atomic E-state index is 0.0222. The Bertz CT molecular complexity index is 1570. The van der Waals surface area contributed by atoms with Crippen LogP contribution in [0.25, 0.3) is 11.3 Å². The lowest BCUT2D eigenvalue weighted by Crippen LogP contribution is -2.39. The number of halogens is 1. The molecule has 4 aromatic rings. The molecule has 1 amide bonds. The summed E-state index contributed by atoms with van der Waals surface area (Å²) in [5.41, 5.74) is 4.17. The molecule has 0 fully saturated rings. The molecule has 2 heterocycles. The third-order valence-corrected chi connectivity index (χ3v) is 7.69. The van der Waals surface area contributed by atoms with Crippen LogP contribution >= 0.6 is 15.9 Å². The summed E-state index contributed by atoms with van der Waals surface area (Å²) in [5, 5.41) is 3.55. The van der Waals surface area contributed by atoms with Crippen LogP contribution in [-0.2, 0) is 4.79 Å². The average molecular weight is 567 g/mol. The Balaban J connectivity index is 1.58. The molecule has 1 N–H and O–H groups in total. The lowest BCUT2D eigenvalue weighted by Gasteiger charge is -2.36. The van der Waals surface area contributed by atoms with Crippen LogP contribution in [0, 0.1) is 5.41 Å². The number of ketones is 1. The first kappa shape index (κ1) is 24.4. The standard InChI is InChI=1S/C32H27BrN2O3/c1-32(2)18-24-29(26(36)19-32)30(28-17-16-27(38-28)20-12-14-22(33)15-13-20)35(25-11-7-6-10-23(25)34-24)31(37)21-8-4-3-5-9-21/h3-17,30,34H,18-19H2,1-2H3/t30-/m1/s1. The molecule has 0 saturated heterocycles. The third kappa shape index (κ3) is 4.39. The molecular formula is C32H27BrN2O3. The topological polar surface area (TPSA) is 62.6 Å². The Morgan fingerprint density at radius 1 is 0.921 bits per heavy atom. The Labute approximate surface area is 230 Å². The van der Waals surface area contributed by atoms with Crippen molar-refractivity contribution in [3.8, 4) is 11.3 Å². The van der Waals surface area contributed by atoms with E-state index in [4.69, 9.17) is 4.42 Å². The monoisotopic (exact) mass is 566 g/mol. The van der Waals surface area contributed by atoms with Crippen LogP contribution in [0.1, 0.15) is 48.8 Å². The number of amides is 1. The summed E-state index contributed by atoms with van der Waals surface area (Å²) in [4.78, 5) is 29.8. The summed E-state index contributed by atoms with van der Waals surface area (Å²) >= 11 is 3.48. The minimum atomic E-state index is -0.721. The highest BCUT2D eigenvalue weighted by atomic mass is 79.9. The van der Waals surface area contributed by atoms with Gasteiger partial charge in [-0.25, -0.2) is 0 Å². The number of para-hydroxylation sites is 2. The van der Waals surface area contributed by atoms with Crippen LogP contribution in [0.2, 0.25) is 0 Å². The third-order valence-electron chi connectivity index (χ3n) is 7.17. The fourth-order valence-corrected chi connectivity index (χ4v) is 5.73. The number of carbonyl (C=O) groups is 2. The van der Waals surface area contributed by atoms with E-state index >= 15 is 0 Å². The van der Waals surface area contributed by atoms with Gasteiger partial charge in [-0.15, -0.1) is 0 Å². The van der Waals surface area contributed by atoms with Crippen molar-refractivity contribution in [1.29, 1.82) is 0 Å². The number of anilines is 2. The molecule has 190 valence electrons. The van der Waals surface area contributed by atoms with Crippen LogP contribution in [-0.4, -0.2) is 11.7 Å². The summed E-state index contributed by atoms with van der Waals surface area (Å²) in [6.45, 7) is 4.21. The van der Waals surface area contributed by atoms with Crippen molar-refractivity contribution < 1.29 is 14.0 Å². The van der Waals surface area contributed by atoms with Gasteiger partial charge in [0, 0.05) is 33.3 Å². The average Bonchev–Trinajstić information content (AvgIpc) is 3.33. The maximum absolute atomic E-state index is 14.2. The SMILES string of the molecule is CC1(C)CC(=O)C2=C(C1)Nc1ccccc1N(C(=O)c1ccccc1)[C@@H]2c1ccc(-c2ccc(Br)cc2)o1. The molecule has 0 saturated carbocycles. The molecule has 3 aromatic carbocycles. The predicted molar refractivity (Wildman–Crippen MR) is 153 cm³/mol. The van der Waals surface area contributed by atoms with Crippen LogP contribution in [0.15, 0.2) is 111 Å². The zero-order chi connectivity index (χ0) is 26.4. The largest absolute Gasteiger partial charge is 0.459 e. The first-order valence-corrected chi connectivity index (χ1v) is 13.5. The van der Waals surface area contributed by atoms with Gasteiger partial charge in [-0.1, -0.05) is 72.2 Å². The maximum atomic E-state index is 14.2. The van der Waals surface area contributed by atoms with Crippen LogP contribution in [0.5, 0.6) is 0 Å². The van der Waals surface area contributed by atoms with E-state index in [1.807, 2.05) is 78.9 Å². The summed E-state index contributed by atoms with van der Waals surface area (Å²) in [5.74, 6) is 1.05. The second kappa shape index (κ2) is 9.44. The molecule has 2 aliphatic rings. The van der Waals surface area contributed by atoms with Gasteiger partial charge in [0.25, 0.3) is 5.91 Å². The number of Topliss-reactive ketones (excluding diaryl/α,β-unsaturated/α-hetero) is 1. The zero-order valence-electron chi connectivity index (χ0n) is 21.2. The number of benzene rings is 3. The van der Waals surface area contributed by atoms with Crippen molar-refractivity contribution in [3.05, 3.63) is 118 Å². The second-order valence-corrected chi connectivity index (χ2v) is 11.5. The maximum Gasteiger partial charge on any atom is 0.259 e. The second-order valence-electron chi connectivity index (χ2n) is 10.6.